The van der Waals surface area contributed by atoms with Crippen molar-refractivity contribution in [2.24, 2.45) is 0 Å². The van der Waals surface area contributed by atoms with E-state index in [1.807, 2.05) is 30.3 Å². The molecule has 0 saturated carbocycles. The molecule has 0 aliphatic carbocycles. The second kappa shape index (κ2) is 6.67. The van der Waals surface area contributed by atoms with Crippen LogP contribution in [-0.2, 0) is 4.74 Å². The normalized spacial score (nSPS) is 10.5. The fourth-order valence-corrected chi connectivity index (χ4v) is 2.63. The van der Waals surface area contributed by atoms with Gasteiger partial charge in [-0.3, -0.25) is 4.98 Å². The maximum Gasteiger partial charge on any atom is 0.418 e. The van der Waals surface area contributed by atoms with Crippen molar-refractivity contribution in [3.8, 4) is 0 Å². The number of amides is 1. The van der Waals surface area contributed by atoms with Crippen LogP contribution >= 0.6 is 11.6 Å². The number of aromatic nitrogens is 1. The van der Waals surface area contributed by atoms with Crippen LogP contribution in [0.5, 0.6) is 0 Å². The molecule has 2 aromatic carbocycles. The van der Waals surface area contributed by atoms with E-state index >= 15 is 0 Å². The van der Waals surface area contributed by atoms with Gasteiger partial charge in [-0.15, -0.1) is 0 Å². The lowest BCUT2D eigenvalue weighted by Gasteiger charge is -2.23. The van der Waals surface area contributed by atoms with Gasteiger partial charge in [-0.25, -0.2) is 9.69 Å². The first-order chi connectivity index (χ1) is 11.2. The van der Waals surface area contributed by atoms with Gasteiger partial charge in [0, 0.05) is 28.2 Å². The Morgan fingerprint density at radius 1 is 1.22 bits per heavy atom. The van der Waals surface area contributed by atoms with Gasteiger partial charge in [0.05, 0.1) is 18.0 Å². The van der Waals surface area contributed by atoms with Crippen LogP contribution in [-0.4, -0.2) is 17.7 Å². The van der Waals surface area contributed by atoms with Crippen LogP contribution in [0.25, 0.3) is 10.8 Å². The molecule has 1 aromatic heterocycles. The second-order valence-corrected chi connectivity index (χ2v) is 5.32. The maximum absolute atomic E-state index is 12.5. The highest BCUT2D eigenvalue weighted by atomic mass is 35.5. The molecule has 5 heteroatoms. The fraction of sp³-hybridized carbons (Fsp3) is 0.111. The minimum Gasteiger partial charge on any atom is -0.449 e. The van der Waals surface area contributed by atoms with E-state index in [2.05, 4.69) is 4.98 Å². The average molecular weight is 327 g/mol. The first-order valence-electron chi connectivity index (χ1n) is 7.26. The van der Waals surface area contributed by atoms with Gasteiger partial charge < -0.3 is 4.74 Å². The summed E-state index contributed by atoms with van der Waals surface area (Å²) in [6.07, 6.45) is 3.02. The van der Waals surface area contributed by atoms with E-state index in [0.29, 0.717) is 17.3 Å². The van der Waals surface area contributed by atoms with E-state index in [-0.39, 0.29) is 0 Å². The molecular weight excluding hydrogens is 312 g/mol. The number of benzene rings is 2. The van der Waals surface area contributed by atoms with Crippen molar-refractivity contribution in [1.29, 1.82) is 0 Å². The van der Waals surface area contributed by atoms with Crippen molar-refractivity contribution in [3.63, 3.8) is 0 Å². The van der Waals surface area contributed by atoms with E-state index in [0.717, 1.165) is 16.5 Å². The Bertz CT molecular complexity index is 846. The Morgan fingerprint density at radius 3 is 2.83 bits per heavy atom. The van der Waals surface area contributed by atoms with Crippen molar-refractivity contribution in [2.45, 2.75) is 6.92 Å². The van der Waals surface area contributed by atoms with E-state index in [1.54, 1.807) is 37.5 Å². The van der Waals surface area contributed by atoms with Crippen molar-refractivity contribution in [3.05, 3.63) is 65.9 Å². The number of anilines is 2. The molecule has 0 saturated heterocycles. The number of halogens is 1. The molecule has 3 aromatic rings. The molecule has 4 nitrogen and oxygen atoms in total. The standard InChI is InChI=1S/C18H15ClN2O2/c1-2-23-18(22)21(15-7-4-6-14(19)11-15)17-8-3-5-13-12-20-10-9-16(13)17/h3-12H,2H2,1H3. The molecule has 1 heterocycles. The number of nitrogens with zero attached hydrogens (tertiary/aromatic N) is 2. The predicted octanol–water partition coefficient (Wildman–Crippen LogP) is 5.18. The van der Waals surface area contributed by atoms with E-state index < -0.39 is 6.09 Å². The quantitative estimate of drug-likeness (QED) is 0.665. The maximum atomic E-state index is 12.5. The number of hydrogen-bond donors (Lipinski definition) is 0. The molecule has 0 bridgehead atoms. The average Bonchev–Trinajstić information content (AvgIpc) is 2.56. The van der Waals surface area contributed by atoms with Crippen LogP contribution in [0.3, 0.4) is 0 Å². The monoisotopic (exact) mass is 326 g/mol. The fourth-order valence-electron chi connectivity index (χ4n) is 2.45. The number of pyridine rings is 1. The van der Waals surface area contributed by atoms with E-state index in [1.165, 1.54) is 4.90 Å². The molecule has 0 radical (unpaired) electrons. The molecule has 0 N–H and O–H groups in total. The molecule has 0 unspecified atom stereocenters. The van der Waals surface area contributed by atoms with Crippen molar-refractivity contribution < 1.29 is 9.53 Å². The van der Waals surface area contributed by atoms with Crippen molar-refractivity contribution in [2.75, 3.05) is 11.5 Å². The molecule has 0 aliphatic heterocycles. The van der Waals surface area contributed by atoms with Gasteiger partial charge in [-0.1, -0.05) is 29.8 Å². The third kappa shape index (κ3) is 3.12. The Hall–Kier alpha value is -2.59. The number of ether oxygens (including phenoxy) is 1. The SMILES string of the molecule is CCOC(=O)N(c1cccc(Cl)c1)c1cccc2cnccc12. The third-order valence-corrected chi connectivity index (χ3v) is 3.65. The zero-order valence-corrected chi connectivity index (χ0v) is 13.3. The summed E-state index contributed by atoms with van der Waals surface area (Å²) >= 11 is 6.09. The molecule has 116 valence electrons. The zero-order chi connectivity index (χ0) is 16.2. The van der Waals surface area contributed by atoms with Gasteiger partial charge in [0.15, 0.2) is 0 Å². The summed E-state index contributed by atoms with van der Waals surface area (Å²) in [5, 5.41) is 2.41. The van der Waals surface area contributed by atoms with Crippen LogP contribution in [0.2, 0.25) is 5.02 Å². The predicted molar refractivity (Wildman–Crippen MR) is 92.4 cm³/mol. The highest BCUT2D eigenvalue weighted by Gasteiger charge is 2.21. The van der Waals surface area contributed by atoms with Crippen LogP contribution in [0.4, 0.5) is 16.2 Å². The highest BCUT2D eigenvalue weighted by Crippen LogP contribution is 2.33. The smallest absolute Gasteiger partial charge is 0.418 e. The lowest BCUT2D eigenvalue weighted by molar-refractivity contribution is 0.163. The summed E-state index contributed by atoms with van der Waals surface area (Å²) in [7, 11) is 0. The molecule has 0 aliphatic rings. The third-order valence-electron chi connectivity index (χ3n) is 3.42. The minimum atomic E-state index is -0.445. The molecule has 23 heavy (non-hydrogen) atoms. The van der Waals surface area contributed by atoms with Gasteiger partial charge in [-0.2, -0.15) is 0 Å². The van der Waals surface area contributed by atoms with Gasteiger partial charge in [-0.05, 0) is 37.3 Å². The number of fused-ring (bicyclic) bond motifs is 1. The Labute approximate surface area is 139 Å². The van der Waals surface area contributed by atoms with Gasteiger partial charge in [0.25, 0.3) is 0 Å². The van der Waals surface area contributed by atoms with Crippen LogP contribution in [0, 0.1) is 0 Å². The first kappa shape index (κ1) is 15.3. The summed E-state index contributed by atoms with van der Waals surface area (Å²) in [6, 6.07) is 14.7. The van der Waals surface area contributed by atoms with E-state index in [4.69, 9.17) is 16.3 Å². The number of hydrogen-bond acceptors (Lipinski definition) is 3. The first-order valence-corrected chi connectivity index (χ1v) is 7.63. The van der Waals surface area contributed by atoms with Crippen molar-refractivity contribution >= 4 is 39.8 Å². The summed E-state index contributed by atoms with van der Waals surface area (Å²) < 4.78 is 5.23. The van der Waals surface area contributed by atoms with Crippen LogP contribution in [0.1, 0.15) is 6.92 Å². The molecule has 1 amide bonds. The summed E-state index contributed by atoms with van der Waals surface area (Å²) in [6.45, 7) is 2.07. The molecule has 0 fully saturated rings. The Balaban J connectivity index is 2.20. The lowest BCUT2D eigenvalue weighted by Crippen LogP contribution is -2.27. The van der Waals surface area contributed by atoms with Crippen LogP contribution < -0.4 is 4.90 Å². The Morgan fingerprint density at radius 2 is 2.04 bits per heavy atom. The second-order valence-electron chi connectivity index (χ2n) is 4.89. The Kier molecular flexibility index (Phi) is 4.44. The highest BCUT2D eigenvalue weighted by molar-refractivity contribution is 6.31. The summed E-state index contributed by atoms with van der Waals surface area (Å²) in [5.74, 6) is 0. The topological polar surface area (TPSA) is 42.4 Å². The van der Waals surface area contributed by atoms with Crippen LogP contribution in [0.15, 0.2) is 60.9 Å². The van der Waals surface area contributed by atoms with Gasteiger partial charge in [0.2, 0.25) is 0 Å². The molecular formula is C18H15ClN2O2. The van der Waals surface area contributed by atoms with Crippen molar-refractivity contribution in [1.82, 2.24) is 4.98 Å². The summed E-state index contributed by atoms with van der Waals surface area (Å²) in [5.41, 5.74) is 1.38. The number of carbonyl (C=O) groups excluding carboxylic acids is 1. The number of carbonyl (C=O) groups is 1. The molecule has 0 spiro atoms. The largest absolute Gasteiger partial charge is 0.449 e. The van der Waals surface area contributed by atoms with Gasteiger partial charge in [0.1, 0.15) is 0 Å². The molecule has 3 rings (SSSR count). The zero-order valence-electron chi connectivity index (χ0n) is 12.6. The lowest BCUT2D eigenvalue weighted by atomic mass is 10.1. The van der Waals surface area contributed by atoms with Gasteiger partial charge >= 0.3 is 6.09 Å². The number of rotatable bonds is 3. The summed E-state index contributed by atoms with van der Waals surface area (Å²) in [4.78, 5) is 18.2. The minimum absolute atomic E-state index is 0.294. The molecule has 0 atom stereocenters. The van der Waals surface area contributed by atoms with E-state index in [9.17, 15) is 4.79 Å².